The van der Waals surface area contributed by atoms with Crippen molar-refractivity contribution in [3.05, 3.63) is 41.5 Å². The molecule has 0 saturated carbocycles. The number of nitrogens with zero attached hydrogens (tertiary/aromatic N) is 1. The van der Waals surface area contributed by atoms with Crippen molar-refractivity contribution in [3.8, 4) is 23.0 Å². The summed E-state index contributed by atoms with van der Waals surface area (Å²) in [5.74, 6) is -3.67. The molecule has 0 aliphatic carbocycles. The van der Waals surface area contributed by atoms with E-state index in [1.165, 1.54) is 19.2 Å². The van der Waals surface area contributed by atoms with Crippen LogP contribution in [0.15, 0.2) is 30.3 Å². The van der Waals surface area contributed by atoms with Crippen molar-refractivity contribution in [2.24, 2.45) is 0 Å². The third-order valence-electron chi connectivity index (χ3n) is 3.40. The van der Waals surface area contributed by atoms with Crippen molar-refractivity contribution in [2.75, 3.05) is 11.9 Å². The van der Waals surface area contributed by atoms with Crippen molar-refractivity contribution in [3.63, 3.8) is 0 Å². The van der Waals surface area contributed by atoms with Crippen LogP contribution in [0.5, 0.6) is 23.0 Å². The number of amides is 1. The van der Waals surface area contributed by atoms with Crippen LogP contribution >= 0.6 is 0 Å². The van der Waals surface area contributed by atoms with E-state index in [2.05, 4.69) is 0 Å². The van der Waals surface area contributed by atoms with Crippen molar-refractivity contribution >= 4 is 17.6 Å². The molecule has 0 atom stereocenters. The van der Waals surface area contributed by atoms with Gasteiger partial charge in [-0.1, -0.05) is 0 Å². The lowest BCUT2D eigenvalue weighted by Gasteiger charge is -2.19. The normalized spacial score (nSPS) is 10.4. The number of hydrogen-bond donors (Lipinski definition) is 5. The molecule has 5 N–H and O–H groups in total. The summed E-state index contributed by atoms with van der Waals surface area (Å²) in [6, 6.07) is 5.77. The number of benzene rings is 2. The van der Waals surface area contributed by atoms with Gasteiger partial charge in [-0.25, -0.2) is 0 Å². The number of hydrogen-bond acceptors (Lipinski definition) is 6. The summed E-state index contributed by atoms with van der Waals surface area (Å²) in [7, 11) is 1.36. The Labute approximate surface area is 136 Å². The number of phenolic OH excluding ortho intramolecular Hbond substituents is 4. The van der Waals surface area contributed by atoms with Crippen molar-refractivity contribution in [1.29, 1.82) is 0 Å². The van der Waals surface area contributed by atoms with Gasteiger partial charge in [-0.15, -0.1) is 0 Å². The Hall–Kier alpha value is -3.42. The summed E-state index contributed by atoms with van der Waals surface area (Å²) in [6.45, 7) is 0. The first-order chi connectivity index (χ1) is 11.2. The van der Waals surface area contributed by atoms with Crippen LogP contribution in [0.25, 0.3) is 0 Å². The molecule has 0 heterocycles. The maximum atomic E-state index is 12.5. The second kappa shape index (κ2) is 6.37. The Morgan fingerprint density at radius 3 is 2.25 bits per heavy atom. The fourth-order valence-corrected chi connectivity index (χ4v) is 2.16. The predicted molar refractivity (Wildman–Crippen MR) is 83.6 cm³/mol. The molecule has 0 unspecified atom stereocenters. The highest BCUT2D eigenvalue weighted by Crippen LogP contribution is 2.33. The van der Waals surface area contributed by atoms with E-state index < -0.39 is 29.8 Å². The summed E-state index contributed by atoms with van der Waals surface area (Å²) in [6.07, 6.45) is -0.565. The van der Waals surface area contributed by atoms with Crippen molar-refractivity contribution in [1.82, 2.24) is 0 Å². The van der Waals surface area contributed by atoms with Crippen molar-refractivity contribution in [2.45, 2.75) is 6.42 Å². The van der Waals surface area contributed by atoms with Crippen molar-refractivity contribution < 1.29 is 35.1 Å². The molecule has 1 amide bonds. The van der Waals surface area contributed by atoms with Crippen LogP contribution in [0.4, 0.5) is 5.69 Å². The molecule has 0 bridgehead atoms. The van der Waals surface area contributed by atoms with Gasteiger partial charge in [0.05, 0.1) is 12.0 Å². The SMILES string of the molecule is CN(C(=O)c1cc(O)cc(CC(=O)O)c1O)c1ccc(O)c(O)c1. The largest absolute Gasteiger partial charge is 0.508 e. The Balaban J connectivity index is 2.43. The molecule has 8 nitrogen and oxygen atoms in total. The van der Waals surface area contributed by atoms with Gasteiger partial charge in [0.1, 0.15) is 11.5 Å². The number of carboxylic acids is 1. The fraction of sp³-hybridized carbons (Fsp3) is 0.125. The topological polar surface area (TPSA) is 139 Å². The smallest absolute Gasteiger partial charge is 0.307 e. The van der Waals surface area contributed by atoms with E-state index in [4.69, 9.17) is 5.11 Å². The molecular weight excluding hydrogens is 318 g/mol. The predicted octanol–water partition coefficient (Wildman–Crippen LogP) is 1.41. The zero-order chi connectivity index (χ0) is 18.0. The number of carbonyl (C=O) groups is 2. The molecule has 24 heavy (non-hydrogen) atoms. The third kappa shape index (κ3) is 3.32. The minimum absolute atomic E-state index is 0.104. The molecule has 0 aromatic heterocycles. The lowest BCUT2D eigenvalue weighted by atomic mass is 10.0. The quantitative estimate of drug-likeness (QED) is 0.421. The highest BCUT2D eigenvalue weighted by molar-refractivity contribution is 6.08. The van der Waals surface area contributed by atoms with E-state index in [0.29, 0.717) is 0 Å². The molecule has 0 radical (unpaired) electrons. The molecule has 0 saturated heterocycles. The van der Waals surface area contributed by atoms with Gasteiger partial charge in [-0.3, -0.25) is 9.59 Å². The van der Waals surface area contributed by atoms with E-state index in [-0.39, 0.29) is 28.3 Å². The fourth-order valence-electron chi connectivity index (χ4n) is 2.16. The molecular formula is C16H15NO7. The van der Waals surface area contributed by atoms with Crippen LogP contribution < -0.4 is 4.90 Å². The monoisotopic (exact) mass is 333 g/mol. The first-order valence-electron chi connectivity index (χ1n) is 6.77. The maximum absolute atomic E-state index is 12.5. The van der Waals surface area contributed by atoms with Gasteiger partial charge in [0.15, 0.2) is 11.5 Å². The number of phenols is 4. The summed E-state index contributed by atoms with van der Waals surface area (Å²) >= 11 is 0. The molecule has 0 spiro atoms. The Morgan fingerprint density at radius 2 is 1.67 bits per heavy atom. The van der Waals surface area contributed by atoms with E-state index in [1.807, 2.05) is 0 Å². The summed E-state index contributed by atoms with van der Waals surface area (Å²) in [4.78, 5) is 24.4. The summed E-state index contributed by atoms with van der Waals surface area (Å²) in [5, 5.41) is 47.4. The number of aliphatic carboxylic acids is 1. The second-order valence-corrected chi connectivity index (χ2v) is 5.11. The molecule has 2 rings (SSSR count). The lowest BCUT2D eigenvalue weighted by molar-refractivity contribution is -0.136. The van der Waals surface area contributed by atoms with Crippen LogP contribution in [0.3, 0.4) is 0 Å². The van der Waals surface area contributed by atoms with Gasteiger partial charge < -0.3 is 30.4 Å². The average Bonchev–Trinajstić information content (AvgIpc) is 2.51. The lowest BCUT2D eigenvalue weighted by Crippen LogP contribution is -2.26. The summed E-state index contributed by atoms with van der Waals surface area (Å²) < 4.78 is 0. The number of carbonyl (C=O) groups excluding carboxylic acids is 1. The van der Waals surface area contributed by atoms with E-state index in [9.17, 15) is 30.0 Å². The molecule has 8 heteroatoms. The first-order valence-corrected chi connectivity index (χ1v) is 6.77. The summed E-state index contributed by atoms with van der Waals surface area (Å²) in [5.41, 5.74) is -0.174. The second-order valence-electron chi connectivity index (χ2n) is 5.11. The molecule has 0 aliphatic heterocycles. The van der Waals surface area contributed by atoms with Gasteiger partial charge >= 0.3 is 5.97 Å². The van der Waals surface area contributed by atoms with Gasteiger partial charge in [0, 0.05) is 24.4 Å². The Kier molecular flexibility index (Phi) is 4.50. The minimum Gasteiger partial charge on any atom is -0.508 e. The van der Waals surface area contributed by atoms with E-state index >= 15 is 0 Å². The highest BCUT2D eigenvalue weighted by atomic mass is 16.4. The van der Waals surface area contributed by atoms with Crippen LogP contribution in [-0.2, 0) is 11.2 Å². The minimum atomic E-state index is -1.23. The van der Waals surface area contributed by atoms with Crippen LogP contribution in [0.1, 0.15) is 15.9 Å². The molecule has 0 aliphatic rings. The van der Waals surface area contributed by atoms with Gasteiger partial charge in [-0.2, -0.15) is 0 Å². The molecule has 2 aromatic carbocycles. The third-order valence-corrected chi connectivity index (χ3v) is 3.40. The zero-order valence-corrected chi connectivity index (χ0v) is 12.6. The molecule has 2 aromatic rings. The first kappa shape index (κ1) is 16.9. The van der Waals surface area contributed by atoms with Gasteiger partial charge in [0.25, 0.3) is 5.91 Å². The molecule has 0 fully saturated rings. The van der Waals surface area contributed by atoms with Gasteiger partial charge in [-0.05, 0) is 24.3 Å². The number of carboxylic acid groups (broad SMARTS) is 1. The zero-order valence-electron chi connectivity index (χ0n) is 12.6. The number of aromatic hydroxyl groups is 4. The average molecular weight is 333 g/mol. The Morgan fingerprint density at radius 1 is 1.00 bits per heavy atom. The standard InChI is InChI=1S/C16H15NO7/c1-17(9-2-3-12(19)13(20)6-9)16(24)11-7-10(18)4-8(15(11)23)5-14(21)22/h2-4,6-7,18-20,23H,5H2,1H3,(H,21,22). The Bertz CT molecular complexity index is 816. The van der Waals surface area contributed by atoms with E-state index in [1.54, 1.807) is 0 Å². The van der Waals surface area contributed by atoms with Crippen LogP contribution in [0.2, 0.25) is 0 Å². The van der Waals surface area contributed by atoms with Crippen LogP contribution in [0, 0.1) is 0 Å². The molecule has 126 valence electrons. The van der Waals surface area contributed by atoms with Gasteiger partial charge in [0.2, 0.25) is 0 Å². The number of rotatable bonds is 4. The maximum Gasteiger partial charge on any atom is 0.307 e. The number of anilines is 1. The van der Waals surface area contributed by atoms with E-state index in [0.717, 1.165) is 23.1 Å². The van der Waals surface area contributed by atoms with Crippen LogP contribution in [-0.4, -0.2) is 44.5 Å². The highest BCUT2D eigenvalue weighted by Gasteiger charge is 2.22.